The first-order valence-corrected chi connectivity index (χ1v) is 8.87. The zero-order valence-electron chi connectivity index (χ0n) is 14.2. The molecule has 1 nitrogen and oxygen atoms in total. The van der Waals surface area contributed by atoms with Gasteiger partial charge in [-0.05, 0) is 35.2 Å². The normalized spacial score (nSPS) is 11.2. The van der Waals surface area contributed by atoms with Gasteiger partial charge in [0.1, 0.15) is 10.7 Å². The van der Waals surface area contributed by atoms with Crippen LogP contribution in [-0.4, -0.2) is 4.31 Å². The van der Waals surface area contributed by atoms with E-state index in [4.69, 9.17) is 0 Å². The van der Waals surface area contributed by atoms with Crippen molar-refractivity contribution in [1.82, 2.24) is 4.31 Å². The van der Waals surface area contributed by atoms with Crippen LogP contribution in [0.5, 0.6) is 0 Å². The lowest BCUT2D eigenvalue weighted by Gasteiger charge is -2.22. The van der Waals surface area contributed by atoms with Gasteiger partial charge in [0, 0.05) is 13.1 Å². The van der Waals surface area contributed by atoms with Gasteiger partial charge in [-0.15, -0.1) is 0 Å². The van der Waals surface area contributed by atoms with Crippen LogP contribution < -0.4 is 0 Å². The Morgan fingerprint density at radius 3 is 1.57 bits per heavy atom. The van der Waals surface area contributed by atoms with Crippen molar-refractivity contribution in [1.29, 1.82) is 0 Å². The molecule has 28 heavy (non-hydrogen) atoms. The highest BCUT2D eigenvalue weighted by Gasteiger charge is 2.27. The molecule has 0 radical (unpaired) electrons. The fourth-order valence-electron chi connectivity index (χ4n) is 2.49. The molecule has 0 aromatic heterocycles. The molecule has 0 amide bonds. The molecular formula is C20H13F6NS. The Morgan fingerprint density at radius 1 is 0.571 bits per heavy atom. The van der Waals surface area contributed by atoms with E-state index in [1.807, 2.05) is 0 Å². The Bertz CT molecular complexity index is 934. The van der Waals surface area contributed by atoms with E-state index in [1.54, 1.807) is 30.3 Å². The van der Waals surface area contributed by atoms with Gasteiger partial charge in [0.2, 0.25) is 5.82 Å². The average Bonchev–Trinajstić information content (AvgIpc) is 2.70. The predicted molar refractivity (Wildman–Crippen MR) is 94.2 cm³/mol. The van der Waals surface area contributed by atoms with Gasteiger partial charge in [-0.2, -0.15) is 0 Å². The summed E-state index contributed by atoms with van der Waals surface area (Å²) in [5.74, 6) is -10.4. The number of nitrogens with zero attached hydrogens (tertiary/aromatic N) is 1. The van der Waals surface area contributed by atoms with Crippen molar-refractivity contribution in [3.63, 3.8) is 0 Å². The maximum Gasteiger partial charge on any atom is 0.200 e. The van der Waals surface area contributed by atoms with Crippen LogP contribution in [0.25, 0.3) is 0 Å². The molecular weight excluding hydrogens is 400 g/mol. The minimum Gasteiger partial charge on any atom is -0.237 e. The molecule has 0 aliphatic carbocycles. The molecule has 0 aliphatic heterocycles. The van der Waals surface area contributed by atoms with E-state index in [9.17, 15) is 26.3 Å². The van der Waals surface area contributed by atoms with Crippen molar-refractivity contribution in [2.24, 2.45) is 0 Å². The van der Waals surface area contributed by atoms with Crippen LogP contribution in [-0.2, 0) is 13.1 Å². The van der Waals surface area contributed by atoms with Gasteiger partial charge in [-0.3, -0.25) is 0 Å². The third-order valence-electron chi connectivity index (χ3n) is 3.86. The van der Waals surface area contributed by atoms with Gasteiger partial charge >= 0.3 is 0 Å². The minimum atomic E-state index is -2.20. The summed E-state index contributed by atoms with van der Waals surface area (Å²) in [6, 6.07) is 14.2. The summed E-state index contributed by atoms with van der Waals surface area (Å²) in [4.78, 5) is -0.991. The Balaban J connectivity index is 1.94. The van der Waals surface area contributed by atoms with Crippen LogP contribution in [0, 0.1) is 34.9 Å². The standard InChI is InChI=1S/C20H13F6NS/c21-14-8-6-13(7-9-14)11-27(10-12-4-2-1-3-5-12)28-20-18(25)16(23)15(22)17(24)19(20)26/h1-9H,10-11H2. The number of rotatable bonds is 6. The van der Waals surface area contributed by atoms with Gasteiger partial charge in [-0.25, -0.2) is 30.6 Å². The molecule has 0 atom stereocenters. The summed E-state index contributed by atoms with van der Waals surface area (Å²) in [5, 5.41) is 0. The fraction of sp³-hybridized carbons (Fsp3) is 0.100. The van der Waals surface area contributed by atoms with Gasteiger partial charge < -0.3 is 0 Å². The largest absolute Gasteiger partial charge is 0.237 e. The van der Waals surface area contributed by atoms with Crippen LogP contribution >= 0.6 is 11.9 Å². The highest BCUT2D eigenvalue weighted by Crippen LogP contribution is 2.34. The van der Waals surface area contributed by atoms with Gasteiger partial charge in [-0.1, -0.05) is 42.5 Å². The molecule has 8 heteroatoms. The highest BCUT2D eigenvalue weighted by molar-refractivity contribution is 7.97. The molecule has 3 aromatic carbocycles. The average molecular weight is 413 g/mol. The molecule has 0 unspecified atom stereocenters. The van der Waals surface area contributed by atoms with E-state index >= 15 is 0 Å². The van der Waals surface area contributed by atoms with Crippen LogP contribution in [0.15, 0.2) is 59.5 Å². The lowest BCUT2D eigenvalue weighted by molar-refractivity contribution is 0.358. The van der Waals surface area contributed by atoms with E-state index in [-0.39, 0.29) is 13.1 Å². The maximum absolute atomic E-state index is 14.1. The summed E-state index contributed by atoms with van der Waals surface area (Å²) in [6.45, 7) is 0.238. The summed E-state index contributed by atoms with van der Waals surface area (Å²) in [6.07, 6.45) is 0. The Kier molecular flexibility index (Phi) is 6.31. The molecule has 146 valence electrons. The molecule has 0 fully saturated rings. The van der Waals surface area contributed by atoms with Crippen LogP contribution in [0.4, 0.5) is 26.3 Å². The van der Waals surface area contributed by atoms with E-state index < -0.39 is 39.8 Å². The Hall–Kier alpha value is -2.45. The summed E-state index contributed by atoms with van der Waals surface area (Å²) in [5.41, 5.74) is 1.37. The third kappa shape index (κ3) is 4.51. The summed E-state index contributed by atoms with van der Waals surface area (Å²) < 4.78 is 83.0. The molecule has 3 rings (SSSR count). The molecule has 0 spiro atoms. The van der Waals surface area contributed by atoms with Crippen molar-refractivity contribution < 1.29 is 26.3 Å². The number of hydrogen-bond acceptors (Lipinski definition) is 2. The van der Waals surface area contributed by atoms with E-state index in [2.05, 4.69) is 0 Å². The molecule has 0 N–H and O–H groups in total. The monoisotopic (exact) mass is 413 g/mol. The molecule has 0 aliphatic rings. The topological polar surface area (TPSA) is 3.24 Å². The Labute approximate surface area is 161 Å². The van der Waals surface area contributed by atoms with E-state index in [0.717, 1.165) is 5.56 Å². The van der Waals surface area contributed by atoms with Crippen LogP contribution in [0.2, 0.25) is 0 Å². The van der Waals surface area contributed by atoms with Gasteiger partial charge in [0.15, 0.2) is 23.3 Å². The highest BCUT2D eigenvalue weighted by atomic mass is 32.2. The fourth-order valence-corrected chi connectivity index (χ4v) is 3.52. The zero-order valence-corrected chi connectivity index (χ0v) is 15.1. The smallest absolute Gasteiger partial charge is 0.200 e. The first-order valence-electron chi connectivity index (χ1n) is 8.09. The molecule has 0 bridgehead atoms. The second-order valence-electron chi connectivity index (χ2n) is 5.90. The van der Waals surface area contributed by atoms with Crippen molar-refractivity contribution in [2.45, 2.75) is 18.0 Å². The lowest BCUT2D eigenvalue weighted by Crippen LogP contribution is -2.17. The van der Waals surface area contributed by atoms with Crippen molar-refractivity contribution in [2.75, 3.05) is 0 Å². The predicted octanol–water partition coefficient (Wildman–Crippen LogP) is 6.23. The summed E-state index contributed by atoms with van der Waals surface area (Å²) >= 11 is 0.416. The number of halogens is 6. The van der Waals surface area contributed by atoms with Crippen molar-refractivity contribution >= 4 is 11.9 Å². The Morgan fingerprint density at radius 2 is 1.04 bits per heavy atom. The van der Waals surface area contributed by atoms with Gasteiger partial charge in [0.05, 0.1) is 0 Å². The molecule has 0 heterocycles. The number of hydrogen-bond donors (Lipinski definition) is 0. The molecule has 3 aromatic rings. The van der Waals surface area contributed by atoms with Gasteiger partial charge in [0.25, 0.3) is 0 Å². The van der Waals surface area contributed by atoms with E-state index in [0.29, 0.717) is 17.5 Å². The first-order chi connectivity index (χ1) is 13.4. The number of benzene rings is 3. The van der Waals surface area contributed by atoms with E-state index in [1.165, 1.54) is 28.6 Å². The first kappa shape index (κ1) is 20.3. The third-order valence-corrected chi connectivity index (χ3v) is 4.92. The second-order valence-corrected chi connectivity index (χ2v) is 7.01. The van der Waals surface area contributed by atoms with Crippen molar-refractivity contribution in [3.05, 3.63) is 101 Å². The zero-order chi connectivity index (χ0) is 20.3. The van der Waals surface area contributed by atoms with Crippen molar-refractivity contribution in [3.8, 4) is 0 Å². The second kappa shape index (κ2) is 8.70. The maximum atomic E-state index is 14.1. The van der Waals surface area contributed by atoms with Crippen LogP contribution in [0.1, 0.15) is 11.1 Å². The minimum absolute atomic E-state index is 0.0827. The molecule has 0 saturated heterocycles. The molecule has 0 saturated carbocycles. The quantitative estimate of drug-likeness (QED) is 0.204. The SMILES string of the molecule is Fc1ccc(CN(Cc2ccccc2)Sc2c(F)c(F)c(F)c(F)c2F)cc1. The lowest BCUT2D eigenvalue weighted by atomic mass is 10.2. The van der Waals surface area contributed by atoms with Crippen LogP contribution in [0.3, 0.4) is 0 Å². The summed E-state index contributed by atoms with van der Waals surface area (Å²) in [7, 11) is 0.